The number of thiazole rings is 1. The minimum Gasteiger partial charge on any atom is -0.477 e. The number of benzene rings is 1. The number of carbonyl (C=O) groups is 2. The lowest BCUT2D eigenvalue weighted by molar-refractivity contribution is 0.0697. The van der Waals surface area contributed by atoms with Crippen molar-refractivity contribution in [3.8, 4) is 0 Å². The number of carboxylic acid groups (broad SMARTS) is 1. The summed E-state index contributed by atoms with van der Waals surface area (Å²) in [4.78, 5) is 29.6. The monoisotopic (exact) mass is 348 g/mol. The molecule has 0 radical (unpaired) electrons. The number of nitrogens with zero attached hydrogens (tertiary/aromatic N) is 2. The van der Waals surface area contributed by atoms with Gasteiger partial charge in [-0.3, -0.25) is 4.79 Å². The van der Waals surface area contributed by atoms with E-state index in [4.69, 9.17) is 5.11 Å². The summed E-state index contributed by atoms with van der Waals surface area (Å²) in [6, 6.07) is 4.35. The van der Waals surface area contributed by atoms with Crippen LogP contribution in [0.5, 0.6) is 0 Å². The van der Waals surface area contributed by atoms with Crippen LogP contribution in [0, 0.1) is 12.7 Å². The van der Waals surface area contributed by atoms with Gasteiger partial charge < -0.3 is 10.0 Å². The smallest absolute Gasteiger partial charge is 0.347 e. The van der Waals surface area contributed by atoms with Crippen LogP contribution < -0.4 is 0 Å². The van der Waals surface area contributed by atoms with Gasteiger partial charge in [-0.1, -0.05) is 0 Å². The first-order valence-corrected chi connectivity index (χ1v) is 8.51. The van der Waals surface area contributed by atoms with Gasteiger partial charge >= 0.3 is 5.97 Å². The van der Waals surface area contributed by atoms with Crippen molar-refractivity contribution < 1.29 is 19.1 Å². The second-order valence-corrected chi connectivity index (χ2v) is 7.01. The third-order valence-corrected chi connectivity index (χ3v) is 5.30. The molecule has 2 heterocycles. The van der Waals surface area contributed by atoms with Crippen LogP contribution in [0.3, 0.4) is 0 Å². The Labute approximate surface area is 142 Å². The third kappa shape index (κ3) is 3.46. The SMILES string of the molecule is Cc1cc(F)cc(C(=O)N2CCC(c3ncc(C(=O)O)s3)CC2)c1. The number of rotatable bonds is 3. The maximum absolute atomic E-state index is 13.5. The van der Waals surface area contributed by atoms with E-state index in [1.807, 2.05) is 0 Å². The van der Waals surface area contributed by atoms with Crippen molar-refractivity contribution in [3.05, 3.63) is 51.2 Å². The molecular formula is C17H17FN2O3S. The van der Waals surface area contributed by atoms with E-state index in [-0.39, 0.29) is 16.7 Å². The summed E-state index contributed by atoms with van der Waals surface area (Å²) in [7, 11) is 0. The van der Waals surface area contributed by atoms with Crippen LogP contribution >= 0.6 is 11.3 Å². The summed E-state index contributed by atoms with van der Waals surface area (Å²) >= 11 is 1.19. The fourth-order valence-electron chi connectivity index (χ4n) is 2.95. The molecule has 1 aromatic heterocycles. The summed E-state index contributed by atoms with van der Waals surface area (Å²) in [6.07, 6.45) is 2.84. The highest BCUT2D eigenvalue weighted by Gasteiger charge is 2.27. The van der Waals surface area contributed by atoms with Crippen LogP contribution in [0.25, 0.3) is 0 Å². The molecule has 0 bridgehead atoms. The molecule has 0 spiro atoms. The maximum atomic E-state index is 13.5. The summed E-state index contributed by atoms with van der Waals surface area (Å²) < 4.78 is 13.5. The predicted octanol–water partition coefficient (Wildman–Crippen LogP) is 3.31. The Balaban J connectivity index is 1.65. The number of aromatic carboxylic acids is 1. The zero-order valence-corrected chi connectivity index (χ0v) is 14.0. The fourth-order valence-corrected chi connectivity index (χ4v) is 3.87. The predicted molar refractivity (Wildman–Crippen MR) is 88.1 cm³/mol. The van der Waals surface area contributed by atoms with Gasteiger partial charge in [0.15, 0.2) is 0 Å². The van der Waals surface area contributed by atoms with Gasteiger partial charge in [-0.25, -0.2) is 14.2 Å². The van der Waals surface area contributed by atoms with Crippen molar-refractivity contribution in [1.29, 1.82) is 0 Å². The Morgan fingerprint density at radius 1 is 1.29 bits per heavy atom. The number of carboxylic acids is 1. The number of aryl methyl sites for hydroxylation is 1. The summed E-state index contributed by atoms with van der Waals surface area (Å²) in [6.45, 7) is 2.87. The Morgan fingerprint density at radius 3 is 2.58 bits per heavy atom. The highest BCUT2D eigenvalue weighted by molar-refractivity contribution is 7.13. The van der Waals surface area contributed by atoms with Crippen LogP contribution in [0.2, 0.25) is 0 Å². The number of aromatic nitrogens is 1. The Hall–Kier alpha value is -2.28. The molecule has 1 aliphatic rings. The molecule has 1 N–H and O–H groups in total. The van der Waals surface area contributed by atoms with Crippen molar-refractivity contribution in [2.75, 3.05) is 13.1 Å². The van der Waals surface area contributed by atoms with Crippen LogP contribution in [-0.2, 0) is 0 Å². The lowest BCUT2D eigenvalue weighted by Gasteiger charge is -2.31. The van der Waals surface area contributed by atoms with Gasteiger partial charge in [0.1, 0.15) is 10.7 Å². The quantitative estimate of drug-likeness (QED) is 0.924. The van der Waals surface area contributed by atoms with Crippen molar-refractivity contribution in [2.45, 2.75) is 25.7 Å². The molecule has 1 fully saturated rings. The summed E-state index contributed by atoms with van der Waals surface area (Å²) in [5.74, 6) is -1.37. The number of halogens is 1. The molecule has 0 saturated carbocycles. The van der Waals surface area contributed by atoms with E-state index in [1.54, 1.807) is 17.9 Å². The minimum atomic E-state index is -0.965. The molecule has 24 heavy (non-hydrogen) atoms. The molecule has 0 unspecified atom stereocenters. The molecule has 1 amide bonds. The molecule has 7 heteroatoms. The first-order chi connectivity index (χ1) is 11.4. The molecule has 2 aromatic rings. The first-order valence-electron chi connectivity index (χ1n) is 7.69. The highest BCUT2D eigenvalue weighted by atomic mass is 32.1. The van der Waals surface area contributed by atoms with E-state index in [0.717, 1.165) is 23.4 Å². The normalized spacial score (nSPS) is 15.5. The summed E-state index contributed by atoms with van der Waals surface area (Å²) in [5, 5.41) is 9.78. The molecular weight excluding hydrogens is 331 g/mol. The first kappa shape index (κ1) is 16.6. The van der Waals surface area contributed by atoms with Crippen molar-refractivity contribution in [1.82, 2.24) is 9.88 Å². The number of piperidine rings is 1. The largest absolute Gasteiger partial charge is 0.477 e. The minimum absolute atomic E-state index is 0.165. The number of hydrogen-bond donors (Lipinski definition) is 1. The molecule has 1 saturated heterocycles. The number of hydrogen-bond acceptors (Lipinski definition) is 4. The third-order valence-electron chi connectivity index (χ3n) is 4.15. The molecule has 0 aliphatic carbocycles. The van der Waals surface area contributed by atoms with E-state index in [2.05, 4.69) is 4.98 Å². The fraction of sp³-hybridized carbons (Fsp3) is 0.353. The highest BCUT2D eigenvalue weighted by Crippen LogP contribution is 2.31. The second kappa shape index (κ2) is 6.68. The van der Waals surface area contributed by atoms with Crippen molar-refractivity contribution >= 4 is 23.2 Å². The average Bonchev–Trinajstić information content (AvgIpc) is 3.03. The van der Waals surface area contributed by atoms with Crippen LogP contribution in [-0.4, -0.2) is 40.0 Å². The van der Waals surface area contributed by atoms with E-state index >= 15 is 0 Å². The van der Waals surface area contributed by atoms with Gasteiger partial charge in [0.25, 0.3) is 5.91 Å². The second-order valence-electron chi connectivity index (χ2n) is 5.95. The van der Waals surface area contributed by atoms with E-state index in [1.165, 1.54) is 29.7 Å². The van der Waals surface area contributed by atoms with Gasteiger partial charge in [0.2, 0.25) is 0 Å². The topological polar surface area (TPSA) is 70.5 Å². The van der Waals surface area contributed by atoms with Gasteiger partial charge in [0, 0.05) is 24.6 Å². The Kier molecular flexibility index (Phi) is 4.62. The van der Waals surface area contributed by atoms with E-state index < -0.39 is 11.8 Å². The van der Waals surface area contributed by atoms with Gasteiger partial charge in [-0.15, -0.1) is 11.3 Å². The van der Waals surface area contributed by atoms with Crippen LogP contribution in [0.4, 0.5) is 4.39 Å². The molecule has 0 atom stereocenters. The Bertz CT molecular complexity index is 762. The standard InChI is InChI=1S/C17H17FN2O3S/c1-10-6-12(8-13(18)7-10)16(21)20-4-2-11(3-5-20)15-19-9-14(24-15)17(22)23/h6-9,11H,2-5H2,1H3,(H,22,23). The zero-order chi connectivity index (χ0) is 17.3. The Morgan fingerprint density at radius 2 is 2.00 bits per heavy atom. The van der Waals surface area contributed by atoms with Crippen molar-refractivity contribution in [3.63, 3.8) is 0 Å². The maximum Gasteiger partial charge on any atom is 0.347 e. The van der Waals surface area contributed by atoms with Gasteiger partial charge in [-0.2, -0.15) is 0 Å². The lowest BCUT2D eigenvalue weighted by Crippen LogP contribution is -2.38. The molecule has 126 valence electrons. The number of amides is 1. The lowest BCUT2D eigenvalue weighted by atomic mass is 9.97. The van der Waals surface area contributed by atoms with Crippen LogP contribution in [0.15, 0.2) is 24.4 Å². The number of carbonyl (C=O) groups excluding carboxylic acids is 1. The van der Waals surface area contributed by atoms with Crippen molar-refractivity contribution in [2.24, 2.45) is 0 Å². The van der Waals surface area contributed by atoms with E-state index in [9.17, 15) is 14.0 Å². The van der Waals surface area contributed by atoms with Crippen LogP contribution in [0.1, 0.15) is 49.4 Å². The molecule has 1 aliphatic heterocycles. The van der Waals surface area contributed by atoms with Gasteiger partial charge in [0.05, 0.1) is 11.2 Å². The average molecular weight is 348 g/mol. The molecule has 3 rings (SSSR count). The summed E-state index contributed by atoms with van der Waals surface area (Å²) in [5.41, 5.74) is 1.09. The van der Waals surface area contributed by atoms with Gasteiger partial charge in [-0.05, 0) is 43.5 Å². The number of likely N-dealkylation sites (tertiary alicyclic amines) is 1. The van der Waals surface area contributed by atoms with E-state index in [0.29, 0.717) is 18.7 Å². The zero-order valence-electron chi connectivity index (χ0n) is 13.2. The molecule has 1 aromatic carbocycles. The molecule has 5 nitrogen and oxygen atoms in total.